The molecule has 0 bridgehead atoms. The highest BCUT2D eigenvalue weighted by atomic mass is 19.1. The standard InChI is InChI=1S/C16H12FNO3/c17-12-8-6-11(7-9-12)16-18-15(20)14(21-16)13(19)10-4-2-1-3-5-10/h1-9,14,16H,(H,18,20)/t14-,16+/m1/s1. The quantitative estimate of drug-likeness (QED) is 0.695. The summed E-state index contributed by atoms with van der Waals surface area (Å²) in [4.78, 5) is 24.2. The van der Waals surface area contributed by atoms with E-state index in [9.17, 15) is 14.0 Å². The number of carbonyl (C=O) groups is 2. The number of benzene rings is 2. The Morgan fingerprint density at radius 2 is 1.71 bits per heavy atom. The second kappa shape index (κ2) is 5.46. The molecule has 0 aliphatic carbocycles. The highest BCUT2D eigenvalue weighted by Crippen LogP contribution is 2.24. The van der Waals surface area contributed by atoms with Gasteiger partial charge in [0.15, 0.2) is 6.23 Å². The molecule has 1 fully saturated rings. The molecule has 0 unspecified atom stereocenters. The van der Waals surface area contributed by atoms with Gasteiger partial charge in [-0.1, -0.05) is 42.5 Å². The van der Waals surface area contributed by atoms with Crippen LogP contribution in [-0.4, -0.2) is 17.8 Å². The van der Waals surface area contributed by atoms with Crippen molar-refractivity contribution >= 4 is 11.7 Å². The van der Waals surface area contributed by atoms with Gasteiger partial charge >= 0.3 is 0 Å². The van der Waals surface area contributed by atoms with Crippen LogP contribution in [0.5, 0.6) is 0 Å². The summed E-state index contributed by atoms with van der Waals surface area (Å²) in [6.07, 6.45) is -1.92. The van der Waals surface area contributed by atoms with Gasteiger partial charge in [-0.2, -0.15) is 0 Å². The molecule has 1 aliphatic rings. The van der Waals surface area contributed by atoms with Gasteiger partial charge in [0.25, 0.3) is 5.91 Å². The van der Waals surface area contributed by atoms with Crippen LogP contribution < -0.4 is 5.32 Å². The van der Waals surface area contributed by atoms with E-state index < -0.39 is 24.0 Å². The van der Waals surface area contributed by atoms with Crippen molar-refractivity contribution in [2.45, 2.75) is 12.3 Å². The third kappa shape index (κ3) is 2.68. The second-order valence-corrected chi connectivity index (χ2v) is 4.69. The predicted molar refractivity (Wildman–Crippen MR) is 72.9 cm³/mol. The molecule has 1 amide bonds. The highest BCUT2D eigenvalue weighted by Gasteiger charge is 2.39. The minimum Gasteiger partial charge on any atom is -0.333 e. The Kier molecular flexibility index (Phi) is 3.50. The summed E-state index contributed by atoms with van der Waals surface area (Å²) in [5, 5.41) is 2.59. The van der Waals surface area contributed by atoms with Crippen LogP contribution in [0, 0.1) is 5.82 Å². The number of ketones is 1. The second-order valence-electron chi connectivity index (χ2n) is 4.69. The van der Waals surface area contributed by atoms with Crippen LogP contribution in [0.4, 0.5) is 4.39 Å². The van der Waals surface area contributed by atoms with Gasteiger partial charge in [0.1, 0.15) is 5.82 Å². The van der Waals surface area contributed by atoms with Gasteiger partial charge in [0, 0.05) is 11.1 Å². The monoisotopic (exact) mass is 285 g/mol. The lowest BCUT2D eigenvalue weighted by Crippen LogP contribution is -2.31. The van der Waals surface area contributed by atoms with Gasteiger partial charge in [0.05, 0.1) is 0 Å². The van der Waals surface area contributed by atoms with Crippen molar-refractivity contribution in [1.82, 2.24) is 5.32 Å². The summed E-state index contributed by atoms with van der Waals surface area (Å²) in [5.74, 6) is -1.25. The Labute approximate surface area is 120 Å². The first-order valence-corrected chi connectivity index (χ1v) is 6.46. The van der Waals surface area contributed by atoms with Gasteiger partial charge in [-0.15, -0.1) is 0 Å². The summed E-state index contributed by atoms with van der Waals surface area (Å²) in [6, 6.07) is 14.1. The number of rotatable bonds is 3. The van der Waals surface area contributed by atoms with Crippen molar-refractivity contribution in [3.8, 4) is 0 Å². The molecule has 21 heavy (non-hydrogen) atoms. The van der Waals surface area contributed by atoms with Crippen molar-refractivity contribution in [2.75, 3.05) is 0 Å². The van der Waals surface area contributed by atoms with Crippen LogP contribution in [0.2, 0.25) is 0 Å². The van der Waals surface area contributed by atoms with Gasteiger partial charge in [-0.25, -0.2) is 4.39 Å². The molecule has 1 heterocycles. The first kappa shape index (κ1) is 13.5. The Hall–Kier alpha value is -2.53. The Morgan fingerprint density at radius 1 is 1.05 bits per heavy atom. The molecule has 4 nitrogen and oxygen atoms in total. The molecular weight excluding hydrogens is 273 g/mol. The zero-order valence-corrected chi connectivity index (χ0v) is 11.0. The molecule has 106 valence electrons. The average Bonchev–Trinajstić information content (AvgIpc) is 2.90. The number of Topliss-reactive ketones (excluding diaryl/α,β-unsaturated/α-hetero) is 1. The van der Waals surface area contributed by atoms with E-state index in [1.807, 2.05) is 0 Å². The van der Waals surface area contributed by atoms with Crippen LogP contribution in [0.25, 0.3) is 0 Å². The summed E-state index contributed by atoms with van der Waals surface area (Å²) in [7, 11) is 0. The van der Waals surface area contributed by atoms with Crippen molar-refractivity contribution in [1.29, 1.82) is 0 Å². The maximum Gasteiger partial charge on any atom is 0.259 e. The fourth-order valence-corrected chi connectivity index (χ4v) is 2.17. The zero-order valence-electron chi connectivity index (χ0n) is 11.0. The average molecular weight is 285 g/mol. The van der Waals surface area contributed by atoms with Crippen LogP contribution >= 0.6 is 0 Å². The molecule has 0 spiro atoms. The van der Waals surface area contributed by atoms with E-state index in [0.29, 0.717) is 11.1 Å². The number of ether oxygens (including phenoxy) is 1. The molecule has 2 atom stereocenters. The first-order valence-electron chi connectivity index (χ1n) is 6.46. The first-order chi connectivity index (χ1) is 10.1. The number of halogens is 1. The third-order valence-corrected chi connectivity index (χ3v) is 3.25. The Bertz CT molecular complexity index is 670. The maximum atomic E-state index is 12.9. The lowest BCUT2D eigenvalue weighted by atomic mass is 10.1. The normalized spacial score (nSPS) is 21.1. The summed E-state index contributed by atoms with van der Waals surface area (Å²) in [5.41, 5.74) is 1.01. The Morgan fingerprint density at radius 3 is 2.38 bits per heavy atom. The van der Waals surface area contributed by atoms with Crippen LogP contribution in [0.3, 0.4) is 0 Å². The van der Waals surface area contributed by atoms with E-state index in [2.05, 4.69) is 5.32 Å². The molecule has 2 aromatic rings. The molecule has 0 aromatic heterocycles. The molecule has 3 rings (SSSR count). The number of amides is 1. The SMILES string of the molecule is O=C1N[C@H](c2ccc(F)cc2)O[C@@H]1C(=O)c1ccccc1. The molecule has 2 aromatic carbocycles. The summed E-state index contributed by atoms with van der Waals surface area (Å²) >= 11 is 0. The number of hydrogen-bond acceptors (Lipinski definition) is 3. The molecule has 5 heteroatoms. The van der Waals surface area contributed by atoms with E-state index in [0.717, 1.165) is 0 Å². The van der Waals surface area contributed by atoms with Gasteiger partial charge < -0.3 is 10.1 Å². The van der Waals surface area contributed by atoms with Crippen molar-refractivity contribution in [3.63, 3.8) is 0 Å². The molecular formula is C16H12FNO3. The zero-order chi connectivity index (χ0) is 14.8. The van der Waals surface area contributed by atoms with Crippen LogP contribution in [0.1, 0.15) is 22.1 Å². The van der Waals surface area contributed by atoms with E-state index in [1.165, 1.54) is 24.3 Å². The minimum atomic E-state index is -1.18. The van der Waals surface area contributed by atoms with E-state index in [1.54, 1.807) is 30.3 Å². The number of carbonyl (C=O) groups excluding carboxylic acids is 2. The third-order valence-electron chi connectivity index (χ3n) is 3.25. The Balaban J connectivity index is 1.79. The number of nitrogens with one attached hydrogen (secondary N) is 1. The van der Waals surface area contributed by atoms with Crippen molar-refractivity contribution in [3.05, 3.63) is 71.5 Å². The highest BCUT2D eigenvalue weighted by molar-refractivity contribution is 6.13. The fraction of sp³-hybridized carbons (Fsp3) is 0.125. The summed E-state index contributed by atoms with van der Waals surface area (Å²) < 4.78 is 18.4. The van der Waals surface area contributed by atoms with Crippen LogP contribution in [-0.2, 0) is 9.53 Å². The molecule has 0 saturated carbocycles. The lowest BCUT2D eigenvalue weighted by molar-refractivity contribution is -0.121. The fourth-order valence-electron chi connectivity index (χ4n) is 2.17. The van der Waals surface area contributed by atoms with Gasteiger partial charge in [-0.3, -0.25) is 9.59 Å². The minimum absolute atomic E-state index is 0.375. The van der Waals surface area contributed by atoms with Gasteiger partial charge in [0.2, 0.25) is 11.9 Å². The molecule has 1 aliphatic heterocycles. The molecule has 0 radical (unpaired) electrons. The van der Waals surface area contributed by atoms with E-state index in [4.69, 9.17) is 4.74 Å². The van der Waals surface area contributed by atoms with Gasteiger partial charge in [-0.05, 0) is 12.1 Å². The predicted octanol–water partition coefficient (Wildman–Crippen LogP) is 2.22. The maximum absolute atomic E-state index is 12.9. The van der Waals surface area contributed by atoms with Crippen molar-refractivity contribution < 1.29 is 18.7 Å². The summed E-state index contributed by atoms with van der Waals surface area (Å²) in [6.45, 7) is 0. The smallest absolute Gasteiger partial charge is 0.259 e. The topological polar surface area (TPSA) is 55.4 Å². The van der Waals surface area contributed by atoms with Crippen LogP contribution in [0.15, 0.2) is 54.6 Å². The number of hydrogen-bond donors (Lipinski definition) is 1. The van der Waals surface area contributed by atoms with Crippen molar-refractivity contribution in [2.24, 2.45) is 0 Å². The molecule has 1 N–H and O–H groups in total. The largest absolute Gasteiger partial charge is 0.333 e. The van der Waals surface area contributed by atoms with E-state index in [-0.39, 0.29) is 5.82 Å². The molecule has 1 saturated heterocycles. The van der Waals surface area contributed by atoms with E-state index >= 15 is 0 Å². The lowest BCUT2D eigenvalue weighted by Gasteiger charge is -2.11.